The van der Waals surface area contributed by atoms with Gasteiger partial charge in [0.1, 0.15) is 0 Å². The SMILES string of the molecule is CN(C)C(=O)CNC(=NCc1cccc(Cl)c1)NC1CC2CCC1C2.I. The zero-order chi connectivity index (χ0) is 17.8. The van der Waals surface area contributed by atoms with E-state index >= 15 is 0 Å². The molecule has 2 saturated carbocycles. The molecule has 0 aromatic heterocycles. The molecule has 0 spiro atoms. The van der Waals surface area contributed by atoms with E-state index < -0.39 is 0 Å². The lowest BCUT2D eigenvalue weighted by Crippen LogP contribution is -2.48. The molecule has 2 N–H and O–H groups in total. The van der Waals surface area contributed by atoms with Crippen LogP contribution in [0.2, 0.25) is 5.02 Å². The number of hydrogen-bond donors (Lipinski definition) is 2. The molecule has 2 aliphatic rings. The van der Waals surface area contributed by atoms with Crippen molar-refractivity contribution in [3.8, 4) is 0 Å². The largest absolute Gasteiger partial charge is 0.353 e. The first-order chi connectivity index (χ1) is 12.0. The fourth-order valence-electron chi connectivity index (χ4n) is 3.87. The zero-order valence-corrected chi connectivity index (χ0v) is 18.5. The first-order valence-electron chi connectivity index (χ1n) is 9.00. The monoisotopic (exact) mass is 490 g/mol. The molecule has 0 heterocycles. The van der Waals surface area contributed by atoms with E-state index in [1.807, 2.05) is 24.3 Å². The van der Waals surface area contributed by atoms with Crippen molar-refractivity contribution < 1.29 is 4.79 Å². The molecule has 2 fully saturated rings. The minimum absolute atomic E-state index is 0. The Bertz CT molecular complexity index is 652. The summed E-state index contributed by atoms with van der Waals surface area (Å²) in [6.45, 7) is 0.780. The summed E-state index contributed by atoms with van der Waals surface area (Å²) in [5.41, 5.74) is 1.06. The third-order valence-corrected chi connectivity index (χ3v) is 5.51. The Morgan fingerprint density at radius 1 is 1.31 bits per heavy atom. The number of likely N-dealkylation sites (N-methyl/N-ethyl adjacent to an activating group) is 1. The summed E-state index contributed by atoms with van der Waals surface area (Å²) in [7, 11) is 3.52. The van der Waals surface area contributed by atoms with Crippen LogP contribution < -0.4 is 10.6 Å². The Labute approximate surface area is 178 Å². The van der Waals surface area contributed by atoms with E-state index in [2.05, 4.69) is 15.6 Å². The van der Waals surface area contributed by atoms with Crippen molar-refractivity contribution in [3.63, 3.8) is 0 Å². The molecule has 2 aliphatic carbocycles. The molecule has 3 rings (SSSR count). The summed E-state index contributed by atoms with van der Waals surface area (Å²) < 4.78 is 0. The van der Waals surface area contributed by atoms with Crippen molar-refractivity contribution in [2.24, 2.45) is 16.8 Å². The highest BCUT2D eigenvalue weighted by atomic mass is 127. The second kappa shape index (κ2) is 9.78. The van der Waals surface area contributed by atoms with Gasteiger partial charge in [-0.05, 0) is 48.8 Å². The number of nitrogens with one attached hydrogen (secondary N) is 2. The number of hydrogen-bond acceptors (Lipinski definition) is 2. The number of carbonyl (C=O) groups excluding carboxylic acids is 1. The molecule has 3 unspecified atom stereocenters. The minimum atomic E-state index is 0. The van der Waals surface area contributed by atoms with Gasteiger partial charge in [0.2, 0.25) is 5.91 Å². The Kier molecular flexibility index (Phi) is 8.01. The number of nitrogens with zero attached hydrogens (tertiary/aromatic N) is 2. The van der Waals surface area contributed by atoms with Crippen LogP contribution in [0.25, 0.3) is 0 Å². The predicted octanol–water partition coefficient (Wildman–Crippen LogP) is 3.27. The molecule has 26 heavy (non-hydrogen) atoms. The number of fused-ring (bicyclic) bond motifs is 2. The van der Waals surface area contributed by atoms with Crippen LogP contribution in [0.3, 0.4) is 0 Å². The Balaban J connectivity index is 0.00000243. The van der Waals surface area contributed by atoms with Gasteiger partial charge in [-0.3, -0.25) is 4.79 Å². The predicted molar refractivity (Wildman–Crippen MR) is 117 cm³/mol. The molecule has 5 nitrogen and oxygen atoms in total. The van der Waals surface area contributed by atoms with E-state index in [4.69, 9.17) is 11.6 Å². The smallest absolute Gasteiger partial charge is 0.241 e. The van der Waals surface area contributed by atoms with Crippen LogP contribution in [0.15, 0.2) is 29.3 Å². The first kappa shape index (κ1) is 21.3. The number of rotatable bonds is 5. The van der Waals surface area contributed by atoms with Gasteiger partial charge in [0.25, 0.3) is 0 Å². The van der Waals surface area contributed by atoms with E-state index in [-0.39, 0.29) is 36.4 Å². The van der Waals surface area contributed by atoms with Gasteiger partial charge in [-0.15, -0.1) is 24.0 Å². The Morgan fingerprint density at radius 2 is 2.12 bits per heavy atom. The van der Waals surface area contributed by atoms with Crippen LogP contribution in [-0.2, 0) is 11.3 Å². The topological polar surface area (TPSA) is 56.7 Å². The van der Waals surface area contributed by atoms with Gasteiger partial charge in [-0.25, -0.2) is 4.99 Å². The van der Waals surface area contributed by atoms with Gasteiger partial charge < -0.3 is 15.5 Å². The summed E-state index contributed by atoms with van der Waals surface area (Å²) in [6.07, 6.45) is 5.21. The Hall–Kier alpha value is -1.02. The van der Waals surface area contributed by atoms with Crippen molar-refractivity contribution in [2.75, 3.05) is 20.6 Å². The quantitative estimate of drug-likeness (QED) is 0.378. The lowest BCUT2D eigenvalue weighted by Gasteiger charge is -2.25. The highest BCUT2D eigenvalue weighted by Crippen LogP contribution is 2.44. The van der Waals surface area contributed by atoms with Crippen molar-refractivity contribution in [2.45, 2.75) is 38.3 Å². The van der Waals surface area contributed by atoms with Gasteiger partial charge >= 0.3 is 0 Å². The van der Waals surface area contributed by atoms with E-state index in [1.54, 1.807) is 19.0 Å². The lowest BCUT2D eigenvalue weighted by atomic mass is 9.95. The molecule has 0 saturated heterocycles. The molecular weight excluding hydrogens is 463 g/mol. The average Bonchev–Trinajstić information content (AvgIpc) is 3.19. The second-order valence-electron chi connectivity index (χ2n) is 7.36. The standard InChI is InChI=1S/C19H27ClN4O.HI/c1-24(2)18(25)12-22-19(21-11-14-4-3-5-16(20)9-14)23-17-10-13-6-7-15(17)8-13;/h3-5,9,13,15,17H,6-8,10-12H2,1-2H3,(H2,21,22,23);1H. The van der Waals surface area contributed by atoms with Crippen molar-refractivity contribution in [1.82, 2.24) is 15.5 Å². The number of carbonyl (C=O) groups is 1. The van der Waals surface area contributed by atoms with Gasteiger partial charge in [-0.2, -0.15) is 0 Å². The second-order valence-corrected chi connectivity index (χ2v) is 7.80. The lowest BCUT2D eigenvalue weighted by molar-refractivity contribution is -0.127. The molecule has 1 aromatic rings. The maximum atomic E-state index is 11.9. The van der Waals surface area contributed by atoms with Gasteiger partial charge in [0, 0.05) is 25.2 Å². The number of guanidine groups is 1. The molecule has 1 aromatic carbocycles. The van der Waals surface area contributed by atoms with Gasteiger partial charge in [-0.1, -0.05) is 30.2 Å². The fourth-order valence-corrected chi connectivity index (χ4v) is 4.09. The highest BCUT2D eigenvalue weighted by molar-refractivity contribution is 14.0. The van der Waals surface area contributed by atoms with Gasteiger partial charge in [0.15, 0.2) is 5.96 Å². The van der Waals surface area contributed by atoms with Crippen LogP contribution in [-0.4, -0.2) is 43.4 Å². The molecule has 3 atom stereocenters. The van der Waals surface area contributed by atoms with E-state index in [1.165, 1.54) is 25.7 Å². The average molecular weight is 491 g/mol. The fraction of sp³-hybridized carbons (Fsp3) is 0.579. The van der Waals surface area contributed by atoms with Crippen molar-refractivity contribution in [1.29, 1.82) is 0 Å². The summed E-state index contributed by atoms with van der Waals surface area (Å²) in [5, 5.41) is 7.46. The van der Waals surface area contributed by atoms with Crippen LogP contribution in [0, 0.1) is 11.8 Å². The number of benzene rings is 1. The number of amides is 1. The third-order valence-electron chi connectivity index (χ3n) is 5.27. The maximum absolute atomic E-state index is 11.9. The highest BCUT2D eigenvalue weighted by Gasteiger charge is 2.39. The summed E-state index contributed by atoms with van der Waals surface area (Å²) >= 11 is 6.05. The molecule has 144 valence electrons. The van der Waals surface area contributed by atoms with Gasteiger partial charge in [0.05, 0.1) is 13.1 Å². The summed E-state index contributed by atoms with van der Waals surface area (Å²) in [5.74, 6) is 2.35. The minimum Gasteiger partial charge on any atom is -0.353 e. The third kappa shape index (κ3) is 5.74. The van der Waals surface area contributed by atoms with Crippen molar-refractivity contribution >= 4 is 47.4 Å². The molecule has 0 radical (unpaired) electrons. The molecule has 7 heteroatoms. The zero-order valence-electron chi connectivity index (χ0n) is 15.4. The van der Waals surface area contributed by atoms with Crippen LogP contribution in [0.5, 0.6) is 0 Å². The molecule has 2 bridgehead atoms. The molecule has 0 aliphatic heterocycles. The van der Waals surface area contributed by atoms with E-state index in [9.17, 15) is 4.79 Å². The molecular formula is C19H28ClIN4O. The van der Waals surface area contributed by atoms with E-state index in [0.29, 0.717) is 23.6 Å². The van der Waals surface area contributed by atoms with Crippen LogP contribution >= 0.6 is 35.6 Å². The van der Waals surface area contributed by atoms with E-state index in [0.717, 1.165) is 17.4 Å². The van der Waals surface area contributed by atoms with Crippen LogP contribution in [0.1, 0.15) is 31.2 Å². The normalized spacial score (nSPS) is 24.1. The number of aliphatic imine (C=N–C) groups is 1. The van der Waals surface area contributed by atoms with Crippen molar-refractivity contribution in [3.05, 3.63) is 34.9 Å². The first-order valence-corrected chi connectivity index (χ1v) is 9.38. The number of halogens is 2. The summed E-state index contributed by atoms with van der Waals surface area (Å²) in [4.78, 5) is 18.2. The summed E-state index contributed by atoms with van der Waals surface area (Å²) in [6, 6.07) is 8.19. The maximum Gasteiger partial charge on any atom is 0.241 e. The molecule has 1 amide bonds. The van der Waals surface area contributed by atoms with Crippen LogP contribution in [0.4, 0.5) is 0 Å². The Morgan fingerprint density at radius 3 is 2.73 bits per heavy atom.